The Hall–Kier alpha value is -0.730. The van der Waals surface area contributed by atoms with Crippen LogP contribution in [-0.2, 0) is 4.74 Å². The summed E-state index contributed by atoms with van der Waals surface area (Å²) in [7, 11) is 0. The molecule has 3 nitrogen and oxygen atoms in total. The first-order valence-electron chi connectivity index (χ1n) is 4.67. The zero-order valence-electron chi connectivity index (χ0n) is 7.03. The highest BCUT2D eigenvalue weighted by molar-refractivity contribution is 5.57. The van der Waals surface area contributed by atoms with E-state index in [0.717, 1.165) is 12.3 Å². The zero-order chi connectivity index (χ0) is 8.55. The molecule has 0 spiro atoms. The molecule has 2 aliphatic rings. The Kier molecular flexibility index (Phi) is 1.95. The van der Waals surface area contributed by atoms with Crippen LogP contribution in [0, 0.1) is 11.8 Å². The molecule has 12 heavy (non-hydrogen) atoms. The van der Waals surface area contributed by atoms with Crippen molar-refractivity contribution in [2.24, 2.45) is 11.8 Å². The lowest BCUT2D eigenvalue weighted by molar-refractivity contribution is 0.0332. The van der Waals surface area contributed by atoms with E-state index in [1.54, 1.807) is 0 Å². The maximum Gasteiger partial charge on any atom is 0.506 e. The average Bonchev–Trinajstić information content (AvgIpc) is 2.52. The lowest BCUT2D eigenvalue weighted by atomic mass is 9.99. The number of hydrogen-bond acceptors (Lipinski definition) is 2. The summed E-state index contributed by atoms with van der Waals surface area (Å²) in [5.74, 6) is 1.30. The molecule has 0 aliphatic heterocycles. The fraction of sp³-hybridized carbons (Fsp3) is 0.889. The molecule has 0 saturated heterocycles. The molecule has 0 heterocycles. The average molecular weight is 170 g/mol. The van der Waals surface area contributed by atoms with Gasteiger partial charge >= 0.3 is 6.16 Å². The molecule has 0 bridgehead atoms. The Balaban J connectivity index is 1.95. The third-order valence-electron chi connectivity index (χ3n) is 3.27. The molecule has 1 N–H and O–H groups in total. The van der Waals surface area contributed by atoms with Crippen LogP contribution in [0.15, 0.2) is 0 Å². The van der Waals surface area contributed by atoms with Crippen molar-refractivity contribution < 1.29 is 14.6 Å². The third-order valence-corrected chi connectivity index (χ3v) is 3.27. The van der Waals surface area contributed by atoms with Gasteiger partial charge in [-0.1, -0.05) is 12.8 Å². The molecule has 3 atom stereocenters. The Bertz CT molecular complexity index is 190. The third kappa shape index (κ3) is 1.28. The number of hydrogen-bond donors (Lipinski definition) is 1. The van der Waals surface area contributed by atoms with Gasteiger partial charge in [0.25, 0.3) is 0 Å². The van der Waals surface area contributed by atoms with Crippen LogP contribution < -0.4 is 0 Å². The molecule has 2 rings (SSSR count). The van der Waals surface area contributed by atoms with Crippen LogP contribution in [0.2, 0.25) is 0 Å². The smallest absolute Gasteiger partial charge is 0.450 e. The first-order valence-corrected chi connectivity index (χ1v) is 4.67. The molecule has 0 aromatic rings. The van der Waals surface area contributed by atoms with Crippen molar-refractivity contribution in [1.29, 1.82) is 0 Å². The molecule has 2 aliphatic carbocycles. The van der Waals surface area contributed by atoms with Gasteiger partial charge in [-0.3, -0.25) is 0 Å². The molecular weight excluding hydrogens is 156 g/mol. The summed E-state index contributed by atoms with van der Waals surface area (Å²) in [6.07, 6.45) is 4.73. The molecule has 2 fully saturated rings. The standard InChI is InChI=1S/C9H14O3/c10-9(11)12-8-5-4-6-2-1-3-7(6)8/h6-8H,1-5H2,(H,10,11)/t6-,7-,8?/m1/s1. The molecular formula is C9H14O3. The van der Waals surface area contributed by atoms with Crippen LogP contribution in [0.5, 0.6) is 0 Å². The summed E-state index contributed by atoms with van der Waals surface area (Å²) in [4.78, 5) is 10.3. The van der Waals surface area contributed by atoms with Gasteiger partial charge in [0.15, 0.2) is 0 Å². The largest absolute Gasteiger partial charge is 0.506 e. The summed E-state index contributed by atoms with van der Waals surface area (Å²) in [5, 5.41) is 8.47. The second-order valence-corrected chi connectivity index (χ2v) is 3.85. The van der Waals surface area contributed by atoms with Crippen LogP contribution in [0.1, 0.15) is 32.1 Å². The highest BCUT2D eigenvalue weighted by atomic mass is 16.7. The molecule has 1 unspecified atom stereocenters. The summed E-state index contributed by atoms with van der Waals surface area (Å²) in [6.45, 7) is 0. The Labute approximate surface area is 71.7 Å². The summed E-state index contributed by atoms with van der Waals surface area (Å²) < 4.78 is 4.84. The van der Waals surface area contributed by atoms with Crippen molar-refractivity contribution in [1.82, 2.24) is 0 Å². The van der Waals surface area contributed by atoms with Gasteiger partial charge in [0.05, 0.1) is 0 Å². The highest BCUT2D eigenvalue weighted by Crippen LogP contribution is 2.45. The van der Waals surface area contributed by atoms with Gasteiger partial charge in [-0.2, -0.15) is 0 Å². The van der Waals surface area contributed by atoms with Crippen LogP contribution in [0.3, 0.4) is 0 Å². The fourth-order valence-electron chi connectivity index (χ4n) is 2.78. The minimum absolute atomic E-state index is 0.00926. The maximum absolute atomic E-state index is 10.3. The van der Waals surface area contributed by atoms with Crippen molar-refractivity contribution in [3.63, 3.8) is 0 Å². The summed E-state index contributed by atoms with van der Waals surface area (Å²) in [5.41, 5.74) is 0. The number of ether oxygens (including phenoxy) is 1. The van der Waals surface area contributed by atoms with Crippen molar-refractivity contribution >= 4 is 6.16 Å². The second kappa shape index (κ2) is 2.96. The molecule has 0 radical (unpaired) electrons. The number of rotatable bonds is 1. The molecule has 0 aromatic heterocycles. The van der Waals surface area contributed by atoms with Crippen LogP contribution in [0.4, 0.5) is 4.79 Å². The van der Waals surface area contributed by atoms with E-state index in [1.165, 1.54) is 25.7 Å². The molecule has 0 amide bonds. The second-order valence-electron chi connectivity index (χ2n) is 3.85. The van der Waals surface area contributed by atoms with Gasteiger partial charge in [-0.05, 0) is 31.1 Å². The summed E-state index contributed by atoms with van der Waals surface area (Å²) >= 11 is 0. The Morgan fingerprint density at radius 1 is 1.25 bits per heavy atom. The predicted molar refractivity (Wildman–Crippen MR) is 43.0 cm³/mol. The Morgan fingerprint density at radius 2 is 2.08 bits per heavy atom. The van der Waals surface area contributed by atoms with Crippen LogP contribution in [-0.4, -0.2) is 17.4 Å². The lowest BCUT2D eigenvalue weighted by Gasteiger charge is -2.16. The molecule has 2 saturated carbocycles. The van der Waals surface area contributed by atoms with E-state index in [4.69, 9.17) is 9.84 Å². The van der Waals surface area contributed by atoms with Gasteiger partial charge in [-0.25, -0.2) is 4.79 Å². The van der Waals surface area contributed by atoms with E-state index in [1.807, 2.05) is 0 Å². The van der Waals surface area contributed by atoms with Crippen LogP contribution in [0.25, 0.3) is 0 Å². The van der Waals surface area contributed by atoms with Crippen LogP contribution >= 0.6 is 0 Å². The minimum Gasteiger partial charge on any atom is -0.450 e. The van der Waals surface area contributed by atoms with E-state index in [2.05, 4.69) is 0 Å². The van der Waals surface area contributed by atoms with Gasteiger partial charge < -0.3 is 9.84 Å². The first kappa shape index (κ1) is 7.90. The van der Waals surface area contributed by atoms with E-state index < -0.39 is 6.16 Å². The van der Waals surface area contributed by atoms with E-state index in [0.29, 0.717) is 5.92 Å². The number of fused-ring (bicyclic) bond motifs is 1. The lowest BCUT2D eigenvalue weighted by Crippen LogP contribution is -2.21. The van der Waals surface area contributed by atoms with Crippen molar-refractivity contribution in [3.05, 3.63) is 0 Å². The Morgan fingerprint density at radius 3 is 2.83 bits per heavy atom. The van der Waals surface area contributed by atoms with Crippen molar-refractivity contribution in [3.8, 4) is 0 Å². The highest BCUT2D eigenvalue weighted by Gasteiger charge is 2.41. The maximum atomic E-state index is 10.3. The van der Waals surface area contributed by atoms with E-state index in [-0.39, 0.29) is 6.10 Å². The predicted octanol–water partition coefficient (Wildman–Crippen LogP) is 2.26. The molecule has 68 valence electrons. The number of carboxylic acid groups (broad SMARTS) is 1. The van der Waals surface area contributed by atoms with Crippen molar-refractivity contribution in [2.75, 3.05) is 0 Å². The normalized spacial score (nSPS) is 39.5. The van der Waals surface area contributed by atoms with E-state index in [9.17, 15) is 4.79 Å². The first-order chi connectivity index (χ1) is 5.77. The quantitative estimate of drug-likeness (QED) is 0.614. The summed E-state index contributed by atoms with van der Waals surface area (Å²) in [6, 6.07) is 0. The van der Waals surface area contributed by atoms with Gasteiger partial charge in [0.1, 0.15) is 6.10 Å². The molecule has 3 heteroatoms. The topological polar surface area (TPSA) is 46.5 Å². The monoisotopic (exact) mass is 170 g/mol. The fourth-order valence-corrected chi connectivity index (χ4v) is 2.78. The van der Waals surface area contributed by atoms with Gasteiger partial charge in [0, 0.05) is 0 Å². The minimum atomic E-state index is -1.10. The molecule has 0 aromatic carbocycles. The number of carbonyl (C=O) groups is 1. The zero-order valence-corrected chi connectivity index (χ0v) is 7.03. The SMILES string of the molecule is O=C(O)OC1CC[C@H]2CCC[C@@H]12. The van der Waals surface area contributed by atoms with E-state index >= 15 is 0 Å². The van der Waals surface area contributed by atoms with Gasteiger partial charge in [0.2, 0.25) is 0 Å². The van der Waals surface area contributed by atoms with Gasteiger partial charge in [-0.15, -0.1) is 0 Å². The van der Waals surface area contributed by atoms with Crippen molar-refractivity contribution in [2.45, 2.75) is 38.2 Å².